The molecule has 0 aliphatic carbocycles. The Morgan fingerprint density at radius 1 is 1.10 bits per heavy atom. The molecule has 0 saturated heterocycles. The van der Waals surface area contributed by atoms with E-state index in [0.717, 1.165) is 25.4 Å². The molecule has 0 amide bonds. The van der Waals surface area contributed by atoms with Crippen molar-refractivity contribution in [2.75, 3.05) is 13.1 Å². The van der Waals surface area contributed by atoms with E-state index in [-0.39, 0.29) is 0 Å². The van der Waals surface area contributed by atoms with Gasteiger partial charge in [-0.3, -0.25) is 0 Å². The van der Waals surface area contributed by atoms with Gasteiger partial charge in [-0.2, -0.15) is 0 Å². The highest BCUT2D eigenvalue weighted by atomic mass is 14.8. The standard InChI is InChI=1S/C19H25N/c1-15(2)14-20-12-6-7-16(3)18-11-10-17-8-4-5-9-19(17)13-18/h4-5,7-11,13,15,20H,6,12,14H2,1-3H3. The summed E-state index contributed by atoms with van der Waals surface area (Å²) in [4.78, 5) is 0. The van der Waals surface area contributed by atoms with Crippen LogP contribution >= 0.6 is 0 Å². The van der Waals surface area contributed by atoms with Crippen LogP contribution in [0.25, 0.3) is 16.3 Å². The molecule has 0 heterocycles. The largest absolute Gasteiger partial charge is 0.316 e. The molecule has 20 heavy (non-hydrogen) atoms. The molecule has 106 valence electrons. The molecule has 0 saturated carbocycles. The van der Waals surface area contributed by atoms with Crippen LogP contribution in [0, 0.1) is 5.92 Å². The first-order valence-electron chi connectivity index (χ1n) is 7.53. The molecule has 2 aromatic carbocycles. The van der Waals surface area contributed by atoms with E-state index >= 15 is 0 Å². The third-order valence-electron chi connectivity index (χ3n) is 3.53. The molecule has 0 spiro atoms. The second kappa shape index (κ2) is 7.25. The van der Waals surface area contributed by atoms with Gasteiger partial charge in [0.2, 0.25) is 0 Å². The predicted octanol–water partition coefficient (Wildman–Crippen LogP) is 4.88. The van der Waals surface area contributed by atoms with Crippen LogP contribution in [0.4, 0.5) is 0 Å². The quantitative estimate of drug-likeness (QED) is 0.736. The van der Waals surface area contributed by atoms with Crippen LogP contribution in [0.15, 0.2) is 48.5 Å². The highest BCUT2D eigenvalue weighted by Gasteiger charge is 1.98. The second-order valence-electron chi connectivity index (χ2n) is 5.84. The molecular weight excluding hydrogens is 242 g/mol. The normalized spacial score (nSPS) is 12.3. The Morgan fingerprint density at radius 2 is 1.85 bits per heavy atom. The SMILES string of the molecule is CC(=CCCNCC(C)C)c1ccc2ccccc2c1. The number of rotatable bonds is 6. The number of allylic oxidation sites excluding steroid dienone is 1. The fraction of sp³-hybridized carbons (Fsp3) is 0.368. The minimum absolute atomic E-state index is 0.723. The maximum atomic E-state index is 3.48. The predicted molar refractivity (Wildman–Crippen MR) is 89.9 cm³/mol. The van der Waals surface area contributed by atoms with Crippen molar-refractivity contribution >= 4 is 16.3 Å². The minimum Gasteiger partial charge on any atom is -0.316 e. The summed E-state index contributed by atoms with van der Waals surface area (Å²) in [6.07, 6.45) is 3.42. The van der Waals surface area contributed by atoms with Crippen molar-refractivity contribution in [2.45, 2.75) is 27.2 Å². The average molecular weight is 267 g/mol. The monoisotopic (exact) mass is 267 g/mol. The molecule has 1 nitrogen and oxygen atoms in total. The van der Waals surface area contributed by atoms with Gasteiger partial charge in [0.15, 0.2) is 0 Å². The van der Waals surface area contributed by atoms with Crippen LogP contribution in [0.1, 0.15) is 32.8 Å². The Hall–Kier alpha value is -1.60. The maximum absolute atomic E-state index is 3.48. The minimum atomic E-state index is 0.723. The fourth-order valence-corrected chi connectivity index (χ4v) is 2.33. The summed E-state index contributed by atoms with van der Waals surface area (Å²) in [5.74, 6) is 0.723. The smallest absolute Gasteiger partial charge is 0.00139 e. The topological polar surface area (TPSA) is 12.0 Å². The molecule has 0 fully saturated rings. The summed E-state index contributed by atoms with van der Waals surface area (Å²) in [7, 11) is 0. The molecule has 0 aliphatic heterocycles. The first-order chi connectivity index (χ1) is 9.66. The third-order valence-corrected chi connectivity index (χ3v) is 3.53. The van der Waals surface area contributed by atoms with E-state index in [1.54, 1.807) is 0 Å². The van der Waals surface area contributed by atoms with Gasteiger partial charge in [-0.1, -0.05) is 56.3 Å². The number of hydrogen-bond acceptors (Lipinski definition) is 1. The van der Waals surface area contributed by atoms with Gasteiger partial charge in [0, 0.05) is 0 Å². The molecule has 1 N–H and O–H groups in total. The lowest BCUT2D eigenvalue weighted by Gasteiger charge is -2.07. The van der Waals surface area contributed by atoms with Gasteiger partial charge < -0.3 is 5.32 Å². The van der Waals surface area contributed by atoms with E-state index in [0.29, 0.717) is 0 Å². The second-order valence-corrected chi connectivity index (χ2v) is 5.84. The van der Waals surface area contributed by atoms with Gasteiger partial charge >= 0.3 is 0 Å². The average Bonchev–Trinajstić information content (AvgIpc) is 2.46. The molecule has 0 bridgehead atoms. The first-order valence-corrected chi connectivity index (χ1v) is 7.53. The van der Waals surface area contributed by atoms with Crippen molar-refractivity contribution in [1.29, 1.82) is 0 Å². The van der Waals surface area contributed by atoms with Crippen LogP contribution < -0.4 is 5.32 Å². The lowest BCUT2D eigenvalue weighted by molar-refractivity contribution is 0.557. The Morgan fingerprint density at radius 3 is 2.60 bits per heavy atom. The van der Waals surface area contributed by atoms with Crippen molar-refractivity contribution in [3.8, 4) is 0 Å². The Labute approximate surface area is 122 Å². The van der Waals surface area contributed by atoms with Crippen LogP contribution in [0.5, 0.6) is 0 Å². The summed E-state index contributed by atoms with van der Waals surface area (Å²) < 4.78 is 0. The van der Waals surface area contributed by atoms with E-state index in [2.05, 4.69) is 74.6 Å². The fourth-order valence-electron chi connectivity index (χ4n) is 2.33. The molecule has 1 heteroatoms. The van der Waals surface area contributed by atoms with E-state index in [9.17, 15) is 0 Å². The van der Waals surface area contributed by atoms with Gasteiger partial charge in [-0.25, -0.2) is 0 Å². The summed E-state index contributed by atoms with van der Waals surface area (Å²) in [6, 6.07) is 15.2. The lowest BCUT2D eigenvalue weighted by atomic mass is 10.0. The molecular formula is C19H25N. The van der Waals surface area contributed by atoms with Crippen molar-refractivity contribution in [3.05, 3.63) is 54.1 Å². The summed E-state index contributed by atoms with van der Waals surface area (Å²) >= 11 is 0. The Kier molecular flexibility index (Phi) is 5.37. The highest BCUT2D eigenvalue weighted by molar-refractivity contribution is 5.86. The van der Waals surface area contributed by atoms with Crippen molar-refractivity contribution in [2.24, 2.45) is 5.92 Å². The van der Waals surface area contributed by atoms with Crippen LogP contribution in [-0.2, 0) is 0 Å². The molecule has 0 aromatic heterocycles. The van der Waals surface area contributed by atoms with E-state index in [1.807, 2.05) is 0 Å². The van der Waals surface area contributed by atoms with Crippen molar-refractivity contribution < 1.29 is 0 Å². The van der Waals surface area contributed by atoms with Gasteiger partial charge in [0.05, 0.1) is 0 Å². The van der Waals surface area contributed by atoms with Crippen LogP contribution in [0.3, 0.4) is 0 Å². The molecule has 2 rings (SSSR count). The van der Waals surface area contributed by atoms with E-state index < -0.39 is 0 Å². The van der Waals surface area contributed by atoms with E-state index in [4.69, 9.17) is 0 Å². The van der Waals surface area contributed by atoms with Crippen LogP contribution in [-0.4, -0.2) is 13.1 Å². The number of hydrogen-bond donors (Lipinski definition) is 1. The van der Waals surface area contributed by atoms with Crippen molar-refractivity contribution in [3.63, 3.8) is 0 Å². The zero-order valence-electron chi connectivity index (χ0n) is 12.8. The van der Waals surface area contributed by atoms with E-state index in [1.165, 1.54) is 21.9 Å². The van der Waals surface area contributed by atoms with Crippen LogP contribution in [0.2, 0.25) is 0 Å². The van der Waals surface area contributed by atoms with Gasteiger partial charge in [-0.15, -0.1) is 0 Å². The number of benzene rings is 2. The first kappa shape index (κ1) is 14.8. The molecule has 0 radical (unpaired) electrons. The number of nitrogens with one attached hydrogen (secondary N) is 1. The molecule has 0 aliphatic rings. The highest BCUT2D eigenvalue weighted by Crippen LogP contribution is 2.21. The maximum Gasteiger partial charge on any atom is -0.00139 e. The summed E-state index contributed by atoms with van der Waals surface area (Å²) in [5.41, 5.74) is 2.69. The molecule has 0 atom stereocenters. The lowest BCUT2D eigenvalue weighted by Crippen LogP contribution is -2.20. The van der Waals surface area contributed by atoms with Gasteiger partial charge in [0.25, 0.3) is 0 Å². The van der Waals surface area contributed by atoms with Crippen molar-refractivity contribution in [1.82, 2.24) is 5.32 Å². The zero-order chi connectivity index (χ0) is 14.4. The third kappa shape index (κ3) is 4.21. The number of fused-ring (bicyclic) bond motifs is 1. The summed E-state index contributed by atoms with van der Waals surface area (Å²) in [6.45, 7) is 8.84. The summed E-state index contributed by atoms with van der Waals surface area (Å²) in [5, 5.41) is 6.10. The van der Waals surface area contributed by atoms with Gasteiger partial charge in [0.1, 0.15) is 0 Å². The van der Waals surface area contributed by atoms with Gasteiger partial charge in [-0.05, 0) is 60.3 Å². The Balaban J connectivity index is 1.97. The zero-order valence-corrected chi connectivity index (χ0v) is 12.8. The molecule has 2 aromatic rings. The Bertz CT molecular complexity index is 581. The molecule has 0 unspecified atom stereocenters.